The third kappa shape index (κ3) is 2.65. The fourth-order valence-corrected chi connectivity index (χ4v) is 2.50. The van der Waals surface area contributed by atoms with Gasteiger partial charge < -0.3 is 14.6 Å². The molecular formula is C14H15F2N3O. The number of aromatic nitrogens is 2. The molecule has 1 unspecified atom stereocenters. The van der Waals surface area contributed by atoms with Gasteiger partial charge in [-0.05, 0) is 43.7 Å². The van der Waals surface area contributed by atoms with Gasteiger partial charge in [-0.1, -0.05) is 0 Å². The SMILES string of the molecule is FC(F)Oc1ccc(-n2cncc2C2CCCN2)cc1. The van der Waals surface area contributed by atoms with Crippen molar-refractivity contribution < 1.29 is 13.5 Å². The van der Waals surface area contributed by atoms with Crippen molar-refractivity contribution in [1.29, 1.82) is 0 Å². The number of hydrogen-bond donors (Lipinski definition) is 1. The van der Waals surface area contributed by atoms with E-state index in [4.69, 9.17) is 0 Å². The van der Waals surface area contributed by atoms with Crippen LogP contribution in [-0.2, 0) is 0 Å². The van der Waals surface area contributed by atoms with Crippen molar-refractivity contribution >= 4 is 0 Å². The molecule has 0 amide bonds. The first kappa shape index (κ1) is 13.1. The quantitative estimate of drug-likeness (QED) is 0.935. The summed E-state index contributed by atoms with van der Waals surface area (Å²) in [6, 6.07) is 6.87. The Morgan fingerprint density at radius 3 is 2.75 bits per heavy atom. The van der Waals surface area contributed by atoms with Gasteiger partial charge in [-0.3, -0.25) is 0 Å². The Morgan fingerprint density at radius 2 is 2.10 bits per heavy atom. The van der Waals surface area contributed by atoms with Gasteiger partial charge in [0.05, 0.1) is 18.2 Å². The summed E-state index contributed by atoms with van der Waals surface area (Å²) in [4.78, 5) is 4.19. The second-order valence-corrected chi connectivity index (χ2v) is 4.71. The second kappa shape index (κ2) is 5.58. The van der Waals surface area contributed by atoms with E-state index in [0.29, 0.717) is 6.04 Å². The highest BCUT2D eigenvalue weighted by Crippen LogP contribution is 2.26. The lowest BCUT2D eigenvalue weighted by atomic mass is 10.1. The van der Waals surface area contributed by atoms with E-state index in [9.17, 15) is 8.78 Å². The first-order valence-corrected chi connectivity index (χ1v) is 6.55. The Labute approximate surface area is 115 Å². The van der Waals surface area contributed by atoms with Gasteiger partial charge >= 0.3 is 6.61 Å². The Balaban J connectivity index is 1.84. The molecule has 1 aliphatic heterocycles. The Morgan fingerprint density at radius 1 is 1.30 bits per heavy atom. The molecule has 2 aromatic rings. The molecule has 2 heterocycles. The van der Waals surface area contributed by atoms with E-state index in [2.05, 4.69) is 15.0 Å². The number of halogens is 2. The maximum Gasteiger partial charge on any atom is 0.387 e. The Kier molecular flexibility index (Phi) is 3.64. The molecule has 1 fully saturated rings. The Bertz CT molecular complexity index is 562. The lowest BCUT2D eigenvalue weighted by molar-refractivity contribution is -0.0498. The average Bonchev–Trinajstić information content (AvgIpc) is 3.09. The van der Waals surface area contributed by atoms with Crippen molar-refractivity contribution in [2.45, 2.75) is 25.5 Å². The number of benzene rings is 1. The minimum Gasteiger partial charge on any atom is -0.435 e. The molecule has 0 aliphatic carbocycles. The summed E-state index contributed by atoms with van der Waals surface area (Å²) in [7, 11) is 0. The molecule has 1 aliphatic rings. The molecule has 0 spiro atoms. The summed E-state index contributed by atoms with van der Waals surface area (Å²) in [5.41, 5.74) is 1.97. The van der Waals surface area contributed by atoms with E-state index >= 15 is 0 Å². The maximum absolute atomic E-state index is 12.1. The molecule has 0 bridgehead atoms. The molecule has 1 aromatic carbocycles. The van der Waals surface area contributed by atoms with Gasteiger partial charge in [0.2, 0.25) is 0 Å². The predicted molar refractivity (Wildman–Crippen MR) is 70.2 cm³/mol. The van der Waals surface area contributed by atoms with Crippen LogP contribution >= 0.6 is 0 Å². The summed E-state index contributed by atoms with van der Waals surface area (Å²) in [6.07, 6.45) is 5.81. The minimum absolute atomic E-state index is 0.157. The number of rotatable bonds is 4. The van der Waals surface area contributed by atoms with Gasteiger partial charge in [0.25, 0.3) is 0 Å². The molecule has 1 atom stereocenters. The largest absolute Gasteiger partial charge is 0.435 e. The van der Waals surface area contributed by atoms with Crippen molar-refractivity contribution in [3.8, 4) is 11.4 Å². The number of alkyl halides is 2. The van der Waals surface area contributed by atoms with Crippen LogP contribution in [0.1, 0.15) is 24.6 Å². The lowest BCUT2D eigenvalue weighted by Crippen LogP contribution is -2.16. The van der Waals surface area contributed by atoms with Gasteiger partial charge in [-0.2, -0.15) is 8.78 Å². The number of imidazole rings is 1. The smallest absolute Gasteiger partial charge is 0.387 e. The van der Waals surface area contributed by atoms with Gasteiger partial charge in [-0.15, -0.1) is 0 Å². The zero-order chi connectivity index (χ0) is 13.9. The topological polar surface area (TPSA) is 39.1 Å². The van der Waals surface area contributed by atoms with Crippen LogP contribution < -0.4 is 10.1 Å². The zero-order valence-electron chi connectivity index (χ0n) is 10.8. The lowest BCUT2D eigenvalue weighted by Gasteiger charge is -2.14. The molecule has 106 valence electrons. The molecule has 0 radical (unpaired) electrons. The molecule has 4 nitrogen and oxygen atoms in total. The number of nitrogens with zero attached hydrogens (tertiary/aromatic N) is 2. The van der Waals surface area contributed by atoms with Crippen LogP contribution in [0.2, 0.25) is 0 Å². The first-order valence-electron chi connectivity index (χ1n) is 6.55. The molecule has 1 saturated heterocycles. The van der Waals surface area contributed by atoms with Crippen molar-refractivity contribution in [1.82, 2.24) is 14.9 Å². The molecule has 1 N–H and O–H groups in total. The van der Waals surface area contributed by atoms with Crippen LogP contribution in [0.4, 0.5) is 8.78 Å². The minimum atomic E-state index is -2.80. The van der Waals surface area contributed by atoms with Crippen LogP contribution in [0.3, 0.4) is 0 Å². The highest BCUT2D eigenvalue weighted by atomic mass is 19.3. The fraction of sp³-hybridized carbons (Fsp3) is 0.357. The van der Waals surface area contributed by atoms with Crippen LogP contribution in [0.25, 0.3) is 5.69 Å². The van der Waals surface area contributed by atoms with Gasteiger partial charge in [0.15, 0.2) is 0 Å². The van der Waals surface area contributed by atoms with E-state index < -0.39 is 6.61 Å². The van der Waals surface area contributed by atoms with Crippen molar-refractivity contribution in [2.24, 2.45) is 0 Å². The summed E-state index contributed by atoms with van der Waals surface area (Å²) in [5, 5.41) is 3.42. The van der Waals surface area contributed by atoms with Crippen molar-refractivity contribution in [2.75, 3.05) is 6.54 Å². The standard InChI is InChI=1S/C14H15F2N3O/c15-14(16)20-11-5-3-10(4-6-11)19-9-17-8-13(19)12-2-1-7-18-12/h3-6,8-9,12,14,18H,1-2,7H2. The summed E-state index contributed by atoms with van der Waals surface area (Å²) < 4.78 is 30.5. The second-order valence-electron chi connectivity index (χ2n) is 4.71. The summed E-state index contributed by atoms with van der Waals surface area (Å²) >= 11 is 0. The molecule has 20 heavy (non-hydrogen) atoms. The monoisotopic (exact) mass is 279 g/mol. The van der Waals surface area contributed by atoms with E-state index in [1.165, 1.54) is 12.1 Å². The van der Waals surface area contributed by atoms with Crippen LogP contribution in [-0.4, -0.2) is 22.7 Å². The van der Waals surface area contributed by atoms with E-state index in [1.54, 1.807) is 18.5 Å². The van der Waals surface area contributed by atoms with Crippen LogP contribution in [0.15, 0.2) is 36.8 Å². The molecule has 6 heteroatoms. The predicted octanol–water partition coefficient (Wildman–Crippen LogP) is 2.90. The highest BCUT2D eigenvalue weighted by molar-refractivity contribution is 5.39. The summed E-state index contributed by atoms with van der Waals surface area (Å²) in [5.74, 6) is 0.157. The van der Waals surface area contributed by atoms with Crippen molar-refractivity contribution in [3.63, 3.8) is 0 Å². The maximum atomic E-state index is 12.1. The molecule has 3 rings (SSSR count). The van der Waals surface area contributed by atoms with Crippen LogP contribution in [0, 0.1) is 0 Å². The summed E-state index contributed by atoms with van der Waals surface area (Å²) in [6.45, 7) is -1.79. The number of ether oxygens (including phenoxy) is 1. The van der Waals surface area contributed by atoms with E-state index in [-0.39, 0.29) is 5.75 Å². The van der Waals surface area contributed by atoms with Gasteiger partial charge in [0.1, 0.15) is 5.75 Å². The molecule has 0 saturated carbocycles. The normalized spacial score (nSPS) is 18.6. The number of hydrogen-bond acceptors (Lipinski definition) is 3. The highest BCUT2D eigenvalue weighted by Gasteiger charge is 2.20. The third-order valence-corrected chi connectivity index (χ3v) is 3.42. The average molecular weight is 279 g/mol. The van der Waals surface area contributed by atoms with E-state index in [0.717, 1.165) is 30.8 Å². The van der Waals surface area contributed by atoms with E-state index in [1.807, 2.05) is 10.8 Å². The third-order valence-electron chi connectivity index (χ3n) is 3.42. The van der Waals surface area contributed by atoms with Crippen molar-refractivity contribution in [3.05, 3.63) is 42.5 Å². The van der Waals surface area contributed by atoms with Gasteiger partial charge in [0, 0.05) is 11.7 Å². The first-order chi connectivity index (χ1) is 9.74. The van der Waals surface area contributed by atoms with Crippen LogP contribution in [0.5, 0.6) is 5.75 Å². The number of nitrogens with one attached hydrogen (secondary N) is 1. The molecular weight excluding hydrogens is 264 g/mol. The Hall–Kier alpha value is -1.95. The zero-order valence-corrected chi connectivity index (χ0v) is 10.8. The van der Waals surface area contributed by atoms with Gasteiger partial charge in [-0.25, -0.2) is 4.98 Å². The molecule has 1 aromatic heterocycles. The fourth-order valence-electron chi connectivity index (χ4n) is 2.50.